The maximum atomic E-state index is 3.72. The van der Waals surface area contributed by atoms with Crippen LogP contribution in [0.1, 0.15) is 61.8 Å². The third-order valence-corrected chi connectivity index (χ3v) is 4.10. The van der Waals surface area contributed by atoms with Crippen molar-refractivity contribution in [1.29, 1.82) is 0 Å². The molecule has 0 atom stereocenters. The smallest absolute Gasteiger partial charge is 0.000717 e. The lowest BCUT2D eigenvalue weighted by molar-refractivity contribution is 0.787. The number of hydrogen-bond donors (Lipinski definition) is 0. The summed E-state index contributed by atoms with van der Waals surface area (Å²) in [5, 5.41) is 0. The molecule has 0 unspecified atom stereocenters. The van der Waals surface area contributed by atoms with Gasteiger partial charge < -0.3 is 0 Å². The molecule has 0 aromatic heterocycles. The standard InChI is InChI=1S/C19H21/c1-12(2)17-10-15-9-14-7-5-6-8-16(14)19(15)11-18(17)13(3)4/h5-8,11-13H,9H2,1-4H3. The van der Waals surface area contributed by atoms with Crippen LogP contribution >= 0.6 is 0 Å². The van der Waals surface area contributed by atoms with Crippen LogP contribution in [-0.4, -0.2) is 0 Å². The Bertz CT molecular complexity index is 618. The third kappa shape index (κ3) is 2.00. The number of fused-ring (bicyclic) bond motifs is 3. The normalized spacial score (nSPS) is 12.9. The van der Waals surface area contributed by atoms with Crippen molar-refractivity contribution in [2.75, 3.05) is 0 Å². The van der Waals surface area contributed by atoms with E-state index in [-0.39, 0.29) is 0 Å². The van der Waals surface area contributed by atoms with E-state index in [2.05, 4.69) is 64.1 Å². The van der Waals surface area contributed by atoms with Gasteiger partial charge in [-0.05, 0) is 57.7 Å². The van der Waals surface area contributed by atoms with Gasteiger partial charge >= 0.3 is 0 Å². The predicted molar refractivity (Wildman–Crippen MR) is 81.7 cm³/mol. The molecule has 0 fully saturated rings. The Morgan fingerprint density at radius 3 is 2.37 bits per heavy atom. The van der Waals surface area contributed by atoms with Crippen molar-refractivity contribution < 1.29 is 0 Å². The van der Waals surface area contributed by atoms with Crippen LogP contribution in [0.15, 0.2) is 30.3 Å². The summed E-state index contributed by atoms with van der Waals surface area (Å²) >= 11 is 0. The Morgan fingerprint density at radius 1 is 0.947 bits per heavy atom. The van der Waals surface area contributed by atoms with E-state index in [4.69, 9.17) is 0 Å². The SMILES string of the molecule is CC(C)c1[c]c2c(cc1C(C)C)-c1ccccc1C2. The highest BCUT2D eigenvalue weighted by Crippen LogP contribution is 2.40. The first kappa shape index (κ1) is 12.5. The van der Waals surface area contributed by atoms with Crippen molar-refractivity contribution in [1.82, 2.24) is 0 Å². The second kappa shape index (κ2) is 4.52. The van der Waals surface area contributed by atoms with E-state index in [0.717, 1.165) is 6.42 Å². The average Bonchev–Trinajstić information content (AvgIpc) is 2.74. The Kier molecular flexibility index (Phi) is 2.97. The van der Waals surface area contributed by atoms with Gasteiger partial charge in [-0.2, -0.15) is 0 Å². The van der Waals surface area contributed by atoms with Crippen LogP contribution in [0.3, 0.4) is 0 Å². The van der Waals surface area contributed by atoms with Gasteiger partial charge in [0.25, 0.3) is 0 Å². The molecule has 0 aliphatic heterocycles. The molecule has 0 amide bonds. The van der Waals surface area contributed by atoms with Crippen molar-refractivity contribution >= 4 is 0 Å². The lowest BCUT2D eigenvalue weighted by Crippen LogP contribution is -2.01. The molecule has 97 valence electrons. The lowest BCUT2D eigenvalue weighted by Gasteiger charge is -2.18. The first-order valence-electron chi connectivity index (χ1n) is 7.25. The molecular weight excluding hydrogens is 228 g/mol. The molecule has 2 aromatic rings. The Hall–Kier alpha value is -1.56. The first-order chi connectivity index (χ1) is 9.08. The molecule has 0 nitrogen and oxygen atoms in total. The Morgan fingerprint density at radius 2 is 1.68 bits per heavy atom. The van der Waals surface area contributed by atoms with E-state index >= 15 is 0 Å². The number of rotatable bonds is 2. The van der Waals surface area contributed by atoms with Crippen LogP contribution in [0.5, 0.6) is 0 Å². The van der Waals surface area contributed by atoms with E-state index in [1.54, 1.807) is 0 Å². The van der Waals surface area contributed by atoms with Gasteiger partial charge in [0, 0.05) is 0 Å². The van der Waals surface area contributed by atoms with Crippen molar-refractivity contribution in [3.8, 4) is 11.1 Å². The largest absolute Gasteiger partial charge is 0.0619 e. The zero-order valence-corrected chi connectivity index (χ0v) is 12.2. The third-order valence-electron chi connectivity index (χ3n) is 4.10. The fraction of sp³-hybridized carbons (Fsp3) is 0.368. The average molecular weight is 249 g/mol. The molecule has 1 aliphatic rings. The molecular formula is C19H21. The van der Waals surface area contributed by atoms with Gasteiger partial charge in [-0.1, -0.05) is 58.0 Å². The van der Waals surface area contributed by atoms with E-state index < -0.39 is 0 Å². The highest BCUT2D eigenvalue weighted by atomic mass is 14.3. The summed E-state index contributed by atoms with van der Waals surface area (Å²) in [7, 11) is 0. The predicted octanol–water partition coefficient (Wildman–Crippen LogP) is 5.30. The van der Waals surface area contributed by atoms with E-state index in [1.165, 1.54) is 33.4 Å². The van der Waals surface area contributed by atoms with Crippen LogP contribution < -0.4 is 0 Å². The Labute approximate surface area is 116 Å². The number of benzene rings is 2. The molecule has 0 heteroatoms. The van der Waals surface area contributed by atoms with Gasteiger partial charge in [-0.25, -0.2) is 0 Å². The van der Waals surface area contributed by atoms with Crippen molar-refractivity contribution in [3.63, 3.8) is 0 Å². The molecule has 0 spiro atoms. The minimum atomic E-state index is 0.548. The molecule has 0 N–H and O–H groups in total. The molecule has 2 aromatic carbocycles. The van der Waals surface area contributed by atoms with Crippen LogP contribution in [0.25, 0.3) is 11.1 Å². The van der Waals surface area contributed by atoms with Crippen LogP contribution in [0.2, 0.25) is 0 Å². The molecule has 0 bridgehead atoms. The summed E-state index contributed by atoms with van der Waals surface area (Å²) in [6.45, 7) is 9.10. The molecule has 0 saturated carbocycles. The van der Waals surface area contributed by atoms with Crippen LogP contribution in [0, 0.1) is 6.07 Å². The summed E-state index contributed by atoms with van der Waals surface area (Å²) in [6.07, 6.45) is 1.05. The number of hydrogen-bond acceptors (Lipinski definition) is 0. The topological polar surface area (TPSA) is 0 Å². The van der Waals surface area contributed by atoms with Crippen LogP contribution in [-0.2, 0) is 6.42 Å². The Balaban J connectivity index is 2.21. The molecule has 1 radical (unpaired) electrons. The molecule has 0 heterocycles. The van der Waals surface area contributed by atoms with E-state index in [9.17, 15) is 0 Å². The highest BCUT2D eigenvalue weighted by Gasteiger charge is 2.22. The summed E-state index contributed by atoms with van der Waals surface area (Å²) in [6, 6.07) is 14.9. The summed E-state index contributed by atoms with van der Waals surface area (Å²) in [5.41, 5.74) is 8.51. The van der Waals surface area contributed by atoms with E-state index in [0.29, 0.717) is 11.8 Å². The molecule has 3 rings (SSSR count). The van der Waals surface area contributed by atoms with Gasteiger partial charge in [-0.15, -0.1) is 0 Å². The van der Waals surface area contributed by atoms with Crippen molar-refractivity contribution in [2.45, 2.75) is 46.0 Å². The second-order valence-electron chi connectivity index (χ2n) is 6.17. The minimum absolute atomic E-state index is 0.548. The fourth-order valence-electron chi connectivity index (χ4n) is 3.09. The maximum absolute atomic E-state index is 3.72. The van der Waals surface area contributed by atoms with Crippen LogP contribution in [0.4, 0.5) is 0 Å². The minimum Gasteiger partial charge on any atom is -0.0619 e. The monoisotopic (exact) mass is 249 g/mol. The second-order valence-corrected chi connectivity index (χ2v) is 6.17. The fourth-order valence-corrected chi connectivity index (χ4v) is 3.09. The van der Waals surface area contributed by atoms with Gasteiger partial charge in [0.05, 0.1) is 0 Å². The quantitative estimate of drug-likeness (QED) is 0.577. The molecule has 1 aliphatic carbocycles. The van der Waals surface area contributed by atoms with Gasteiger partial charge in [0.15, 0.2) is 0 Å². The van der Waals surface area contributed by atoms with Gasteiger partial charge in [0.1, 0.15) is 0 Å². The zero-order chi connectivity index (χ0) is 13.6. The molecule has 0 saturated heterocycles. The van der Waals surface area contributed by atoms with E-state index in [1.807, 2.05) is 0 Å². The van der Waals surface area contributed by atoms with Crippen molar-refractivity contribution in [2.24, 2.45) is 0 Å². The summed E-state index contributed by atoms with van der Waals surface area (Å²) in [5.74, 6) is 1.11. The first-order valence-corrected chi connectivity index (χ1v) is 7.25. The molecule has 19 heavy (non-hydrogen) atoms. The summed E-state index contributed by atoms with van der Waals surface area (Å²) in [4.78, 5) is 0. The van der Waals surface area contributed by atoms with Gasteiger partial charge in [0.2, 0.25) is 0 Å². The maximum Gasteiger partial charge on any atom is -0.000717 e. The van der Waals surface area contributed by atoms with Gasteiger partial charge in [-0.3, -0.25) is 0 Å². The zero-order valence-electron chi connectivity index (χ0n) is 12.2. The highest BCUT2D eigenvalue weighted by molar-refractivity contribution is 5.77. The lowest BCUT2D eigenvalue weighted by atomic mass is 9.87. The van der Waals surface area contributed by atoms with Crippen molar-refractivity contribution in [3.05, 3.63) is 58.7 Å². The summed E-state index contributed by atoms with van der Waals surface area (Å²) < 4.78 is 0.